The number of aromatic hydroxyl groups is 1. The van der Waals surface area contributed by atoms with E-state index in [0.717, 1.165) is 6.07 Å². The molecule has 1 aliphatic heterocycles. The Morgan fingerprint density at radius 1 is 1.31 bits per heavy atom. The second-order valence-electron chi connectivity index (χ2n) is 4.17. The summed E-state index contributed by atoms with van der Waals surface area (Å²) in [6, 6.07) is 1.05. The fourth-order valence-corrected chi connectivity index (χ4v) is 1.71. The molecule has 1 aromatic rings. The van der Waals surface area contributed by atoms with Gasteiger partial charge in [0, 0.05) is 6.07 Å². The van der Waals surface area contributed by atoms with Gasteiger partial charge in [-0.1, -0.05) is 0 Å². The van der Waals surface area contributed by atoms with E-state index in [4.69, 9.17) is 9.47 Å². The summed E-state index contributed by atoms with van der Waals surface area (Å²) in [4.78, 5) is 0. The molecule has 1 heterocycles. The van der Waals surface area contributed by atoms with Gasteiger partial charge in [0.25, 0.3) is 0 Å². The summed E-state index contributed by atoms with van der Waals surface area (Å²) < 4.78 is 23.9. The fraction of sp³-hybridized carbons (Fsp3) is 0.455. The van der Waals surface area contributed by atoms with Gasteiger partial charge in [0.2, 0.25) is 0 Å². The molecular formula is C11H13FO4. The smallest absolute Gasteiger partial charge is 0.171 e. The Labute approximate surface area is 92.2 Å². The van der Waals surface area contributed by atoms with Crippen LogP contribution in [0.1, 0.15) is 19.4 Å². The number of rotatable bonds is 1. The van der Waals surface area contributed by atoms with Crippen molar-refractivity contribution in [3.63, 3.8) is 0 Å². The molecule has 0 aromatic heterocycles. The summed E-state index contributed by atoms with van der Waals surface area (Å²) in [6.45, 7) is 3.52. The molecule has 88 valence electrons. The van der Waals surface area contributed by atoms with Crippen molar-refractivity contribution in [2.75, 3.05) is 13.2 Å². The van der Waals surface area contributed by atoms with E-state index in [1.807, 2.05) is 0 Å². The molecule has 0 bridgehead atoms. The molecule has 0 amide bonds. The topological polar surface area (TPSA) is 58.9 Å². The van der Waals surface area contributed by atoms with Crippen LogP contribution in [0.4, 0.5) is 4.39 Å². The molecule has 0 unspecified atom stereocenters. The zero-order valence-corrected chi connectivity index (χ0v) is 9.08. The normalized spacial score (nSPS) is 15.0. The van der Waals surface area contributed by atoms with E-state index in [1.54, 1.807) is 0 Å². The molecule has 0 saturated heterocycles. The quantitative estimate of drug-likeness (QED) is 0.765. The fourth-order valence-electron chi connectivity index (χ4n) is 1.71. The number of aliphatic hydroxyl groups is 1. The number of hydrogen-bond donors (Lipinski definition) is 2. The van der Waals surface area contributed by atoms with Gasteiger partial charge in [0.1, 0.15) is 13.2 Å². The van der Waals surface area contributed by atoms with Crippen molar-refractivity contribution in [3.8, 4) is 17.2 Å². The van der Waals surface area contributed by atoms with Crippen molar-refractivity contribution in [1.29, 1.82) is 0 Å². The monoisotopic (exact) mass is 228 g/mol. The van der Waals surface area contributed by atoms with Crippen molar-refractivity contribution in [2.24, 2.45) is 0 Å². The van der Waals surface area contributed by atoms with Gasteiger partial charge in [0.05, 0.1) is 11.2 Å². The van der Waals surface area contributed by atoms with Crippen molar-refractivity contribution >= 4 is 0 Å². The van der Waals surface area contributed by atoms with Crippen LogP contribution in [0, 0.1) is 5.82 Å². The highest BCUT2D eigenvalue weighted by Crippen LogP contribution is 2.45. The number of halogens is 1. The van der Waals surface area contributed by atoms with Crippen molar-refractivity contribution in [1.82, 2.24) is 0 Å². The van der Waals surface area contributed by atoms with E-state index < -0.39 is 17.2 Å². The van der Waals surface area contributed by atoms with Gasteiger partial charge < -0.3 is 19.7 Å². The third kappa shape index (κ3) is 1.67. The Balaban J connectivity index is 2.69. The van der Waals surface area contributed by atoms with Gasteiger partial charge in [0.15, 0.2) is 23.1 Å². The molecule has 2 rings (SSSR count). The maximum absolute atomic E-state index is 13.4. The predicted octanol–water partition coefficient (Wildman–Crippen LogP) is 1.53. The van der Waals surface area contributed by atoms with Crippen LogP contribution in [-0.2, 0) is 5.60 Å². The van der Waals surface area contributed by atoms with E-state index in [-0.39, 0.29) is 17.1 Å². The predicted molar refractivity (Wildman–Crippen MR) is 54.3 cm³/mol. The summed E-state index contributed by atoms with van der Waals surface area (Å²) in [5.74, 6) is -1.02. The summed E-state index contributed by atoms with van der Waals surface area (Å²) in [6.07, 6.45) is 0. The van der Waals surface area contributed by atoms with Crippen LogP contribution in [0.15, 0.2) is 6.07 Å². The first-order valence-electron chi connectivity index (χ1n) is 4.95. The number of hydrogen-bond acceptors (Lipinski definition) is 4. The first kappa shape index (κ1) is 11.0. The molecule has 0 aliphatic carbocycles. The summed E-state index contributed by atoms with van der Waals surface area (Å²) >= 11 is 0. The highest BCUT2D eigenvalue weighted by Gasteiger charge is 2.32. The van der Waals surface area contributed by atoms with E-state index in [9.17, 15) is 14.6 Å². The Morgan fingerprint density at radius 3 is 2.56 bits per heavy atom. The van der Waals surface area contributed by atoms with E-state index in [1.165, 1.54) is 13.8 Å². The van der Waals surface area contributed by atoms with Crippen LogP contribution >= 0.6 is 0 Å². The first-order chi connectivity index (χ1) is 7.41. The van der Waals surface area contributed by atoms with Crippen LogP contribution in [0.2, 0.25) is 0 Å². The minimum absolute atomic E-state index is 0.0159. The molecule has 0 fully saturated rings. The second-order valence-corrected chi connectivity index (χ2v) is 4.17. The van der Waals surface area contributed by atoms with E-state index in [2.05, 4.69) is 0 Å². The SMILES string of the molecule is CC(C)(O)c1c(O)c(F)cc2c1OCCO2. The van der Waals surface area contributed by atoms with Gasteiger partial charge >= 0.3 is 0 Å². The highest BCUT2D eigenvalue weighted by atomic mass is 19.1. The number of ether oxygens (including phenoxy) is 2. The zero-order valence-electron chi connectivity index (χ0n) is 9.08. The van der Waals surface area contributed by atoms with Gasteiger partial charge in [-0.3, -0.25) is 0 Å². The van der Waals surface area contributed by atoms with Crippen molar-refractivity contribution in [3.05, 3.63) is 17.4 Å². The minimum atomic E-state index is -1.41. The van der Waals surface area contributed by atoms with Crippen molar-refractivity contribution in [2.45, 2.75) is 19.4 Å². The van der Waals surface area contributed by atoms with Gasteiger partial charge in [-0.15, -0.1) is 0 Å². The number of fused-ring (bicyclic) bond motifs is 1. The Morgan fingerprint density at radius 2 is 1.94 bits per heavy atom. The molecule has 0 atom stereocenters. The largest absolute Gasteiger partial charge is 0.504 e. The van der Waals surface area contributed by atoms with E-state index in [0.29, 0.717) is 13.2 Å². The average Bonchev–Trinajstić information content (AvgIpc) is 2.17. The lowest BCUT2D eigenvalue weighted by Gasteiger charge is -2.27. The maximum Gasteiger partial charge on any atom is 0.171 e. The first-order valence-corrected chi connectivity index (χ1v) is 4.95. The molecule has 5 heteroatoms. The molecule has 0 saturated carbocycles. The van der Waals surface area contributed by atoms with E-state index >= 15 is 0 Å². The lowest BCUT2D eigenvalue weighted by atomic mass is 9.95. The number of phenols is 1. The lowest BCUT2D eigenvalue weighted by Crippen LogP contribution is -2.23. The number of phenolic OH excluding ortho intramolecular Hbond substituents is 1. The average molecular weight is 228 g/mol. The molecule has 1 aliphatic rings. The molecular weight excluding hydrogens is 215 g/mol. The maximum atomic E-state index is 13.4. The third-order valence-electron chi connectivity index (χ3n) is 2.37. The zero-order chi connectivity index (χ0) is 11.9. The van der Waals surface area contributed by atoms with Crippen LogP contribution in [0.3, 0.4) is 0 Å². The molecule has 1 aromatic carbocycles. The highest BCUT2D eigenvalue weighted by molar-refractivity contribution is 5.56. The van der Waals surface area contributed by atoms with Crippen LogP contribution < -0.4 is 9.47 Å². The Bertz CT molecular complexity index is 423. The van der Waals surface area contributed by atoms with Gasteiger partial charge in [-0.05, 0) is 13.8 Å². The molecule has 2 N–H and O–H groups in total. The summed E-state index contributed by atoms with van der Waals surface area (Å²) in [5, 5.41) is 19.5. The van der Waals surface area contributed by atoms with Gasteiger partial charge in [-0.25, -0.2) is 4.39 Å². The minimum Gasteiger partial charge on any atom is -0.504 e. The van der Waals surface area contributed by atoms with Crippen molar-refractivity contribution < 1.29 is 24.1 Å². The second kappa shape index (κ2) is 3.52. The molecule has 16 heavy (non-hydrogen) atoms. The molecule has 0 radical (unpaired) electrons. The van der Waals surface area contributed by atoms with Gasteiger partial charge in [-0.2, -0.15) is 0 Å². The third-order valence-corrected chi connectivity index (χ3v) is 2.37. The van der Waals surface area contributed by atoms with Crippen LogP contribution in [0.5, 0.6) is 17.2 Å². The Hall–Kier alpha value is -1.49. The molecule has 4 nitrogen and oxygen atoms in total. The lowest BCUT2D eigenvalue weighted by molar-refractivity contribution is 0.0663. The Kier molecular flexibility index (Phi) is 2.42. The summed E-state index contributed by atoms with van der Waals surface area (Å²) in [7, 11) is 0. The van der Waals surface area contributed by atoms with Crippen LogP contribution in [0.25, 0.3) is 0 Å². The number of benzene rings is 1. The van der Waals surface area contributed by atoms with Crippen LogP contribution in [-0.4, -0.2) is 23.4 Å². The summed E-state index contributed by atoms with van der Waals surface area (Å²) in [5.41, 5.74) is -1.39. The molecule has 0 spiro atoms. The standard InChI is InChI=1S/C11H13FO4/c1-11(2,14)8-9(13)6(12)5-7-10(8)16-4-3-15-7/h5,13-14H,3-4H2,1-2H3.